The van der Waals surface area contributed by atoms with Gasteiger partial charge in [0.05, 0.1) is 15.8 Å². The van der Waals surface area contributed by atoms with Crippen molar-refractivity contribution in [3.05, 3.63) is 58.5 Å². The van der Waals surface area contributed by atoms with Crippen LogP contribution in [0.25, 0.3) is 17.0 Å². The van der Waals surface area contributed by atoms with E-state index in [0.717, 1.165) is 5.56 Å². The smallest absolute Gasteiger partial charge is 0.237 e. The van der Waals surface area contributed by atoms with Crippen LogP contribution in [0, 0.1) is 0 Å². The molecule has 0 aliphatic rings. The molecule has 24 heavy (non-hydrogen) atoms. The lowest BCUT2D eigenvalue weighted by molar-refractivity contribution is 0.391. The predicted octanol–water partition coefficient (Wildman–Crippen LogP) is 4.38. The molecular formula is C15H9Cl2N5OS. The Labute approximate surface area is 150 Å². The van der Waals surface area contributed by atoms with Crippen molar-refractivity contribution in [2.45, 2.75) is 10.9 Å². The van der Waals surface area contributed by atoms with E-state index in [-0.39, 0.29) is 0 Å². The third-order valence-corrected chi connectivity index (χ3v) is 4.63. The van der Waals surface area contributed by atoms with Gasteiger partial charge in [0, 0.05) is 11.8 Å². The quantitative estimate of drug-likeness (QED) is 0.491. The lowest BCUT2D eigenvalue weighted by Crippen LogP contribution is -1.89. The zero-order chi connectivity index (χ0) is 16.5. The van der Waals surface area contributed by atoms with Gasteiger partial charge in [-0.1, -0.05) is 70.5 Å². The monoisotopic (exact) mass is 377 g/mol. The van der Waals surface area contributed by atoms with Crippen molar-refractivity contribution in [3.63, 3.8) is 0 Å². The van der Waals surface area contributed by atoms with E-state index in [0.29, 0.717) is 38.3 Å². The molecule has 1 aromatic carbocycles. The van der Waals surface area contributed by atoms with Gasteiger partial charge in [-0.3, -0.25) is 4.40 Å². The Balaban J connectivity index is 1.55. The zero-order valence-electron chi connectivity index (χ0n) is 12.1. The maximum absolute atomic E-state index is 6.11. The van der Waals surface area contributed by atoms with Gasteiger partial charge in [-0.2, -0.15) is 4.98 Å². The summed E-state index contributed by atoms with van der Waals surface area (Å²) < 4.78 is 7.03. The van der Waals surface area contributed by atoms with Gasteiger partial charge in [0.1, 0.15) is 0 Å². The summed E-state index contributed by atoms with van der Waals surface area (Å²) in [5, 5.41) is 13.8. The van der Waals surface area contributed by atoms with Gasteiger partial charge in [0.15, 0.2) is 10.8 Å². The van der Waals surface area contributed by atoms with Crippen LogP contribution in [0.3, 0.4) is 0 Å². The fraction of sp³-hybridized carbons (Fsp3) is 0.0667. The molecule has 0 amide bonds. The predicted molar refractivity (Wildman–Crippen MR) is 92.3 cm³/mol. The number of pyridine rings is 1. The number of nitrogens with zero attached hydrogens (tertiary/aromatic N) is 5. The second-order valence-corrected chi connectivity index (χ2v) is 6.64. The van der Waals surface area contributed by atoms with Crippen LogP contribution < -0.4 is 0 Å². The molecule has 4 aromatic rings. The maximum Gasteiger partial charge on any atom is 0.237 e. The molecule has 0 fully saturated rings. The van der Waals surface area contributed by atoms with Crippen LogP contribution in [0.2, 0.25) is 10.0 Å². The van der Waals surface area contributed by atoms with Gasteiger partial charge in [-0.15, -0.1) is 10.2 Å². The number of benzene rings is 1. The van der Waals surface area contributed by atoms with Gasteiger partial charge < -0.3 is 4.52 Å². The summed E-state index contributed by atoms with van der Waals surface area (Å²) in [6.45, 7) is 0. The first kappa shape index (κ1) is 15.4. The Morgan fingerprint density at radius 3 is 2.79 bits per heavy atom. The molecule has 0 saturated heterocycles. The van der Waals surface area contributed by atoms with Crippen molar-refractivity contribution in [3.8, 4) is 11.4 Å². The summed E-state index contributed by atoms with van der Waals surface area (Å²) in [5.74, 6) is 1.53. The molecule has 0 saturated carbocycles. The third kappa shape index (κ3) is 2.98. The highest BCUT2D eigenvalue weighted by Gasteiger charge is 2.13. The van der Waals surface area contributed by atoms with Crippen molar-refractivity contribution in [1.29, 1.82) is 0 Å². The number of hydrogen-bond donors (Lipinski definition) is 0. The summed E-state index contributed by atoms with van der Waals surface area (Å²) in [7, 11) is 0. The van der Waals surface area contributed by atoms with Crippen molar-refractivity contribution in [1.82, 2.24) is 24.7 Å². The van der Waals surface area contributed by atoms with Gasteiger partial charge in [-0.25, -0.2) is 0 Å². The SMILES string of the molecule is Clc1cc(Cl)c2nnc(SCc3nc(-c4ccccc4)no3)n2c1. The molecule has 9 heteroatoms. The first-order valence-electron chi connectivity index (χ1n) is 6.91. The molecule has 0 radical (unpaired) electrons. The van der Waals surface area contributed by atoms with Crippen LogP contribution in [0.5, 0.6) is 0 Å². The van der Waals surface area contributed by atoms with Gasteiger partial charge in [-0.05, 0) is 6.07 Å². The molecule has 0 atom stereocenters. The summed E-state index contributed by atoms with van der Waals surface area (Å²) in [5.41, 5.74) is 1.46. The summed E-state index contributed by atoms with van der Waals surface area (Å²) >= 11 is 13.5. The molecule has 3 heterocycles. The van der Waals surface area contributed by atoms with E-state index < -0.39 is 0 Å². The summed E-state index contributed by atoms with van der Waals surface area (Å²) in [4.78, 5) is 4.39. The van der Waals surface area contributed by atoms with E-state index in [4.69, 9.17) is 27.7 Å². The summed E-state index contributed by atoms with van der Waals surface area (Å²) in [6, 6.07) is 11.3. The molecular weight excluding hydrogens is 369 g/mol. The van der Waals surface area contributed by atoms with E-state index in [1.807, 2.05) is 30.3 Å². The van der Waals surface area contributed by atoms with E-state index in [1.54, 1.807) is 16.7 Å². The zero-order valence-corrected chi connectivity index (χ0v) is 14.4. The summed E-state index contributed by atoms with van der Waals surface area (Å²) in [6.07, 6.45) is 1.72. The van der Waals surface area contributed by atoms with Crippen LogP contribution in [0.4, 0.5) is 0 Å². The molecule has 0 aliphatic carbocycles. The highest BCUT2D eigenvalue weighted by atomic mass is 35.5. The maximum atomic E-state index is 6.11. The number of aromatic nitrogens is 5. The van der Waals surface area contributed by atoms with Crippen molar-refractivity contribution in [2.24, 2.45) is 0 Å². The van der Waals surface area contributed by atoms with Crippen LogP contribution in [-0.4, -0.2) is 24.7 Å². The minimum atomic E-state index is 0.450. The van der Waals surface area contributed by atoms with E-state index in [2.05, 4.69) is 20.3 Å². The molecule has 4 rings (SSSR count). The molecule has 0 N–H and O–H groups in total. The van der Waals surface area contributed by atoms with Crippen molar-refractivity contribution < 1.29 is 4.52 Å². The number of hydrogen-bond acceptors (Lipinski definition) is 6. The molecule has 0 spiro atoms. The highest BCUT2D eigenvalue weighted by Crippen LogP contribution is 2.27. The Morgan fingerprint density at radius 2 is 1.96 bits per heavy atom. The minimum Gasteiger partial charge on any atom is -0.338 e. The molecule has 3 aromatic heterocycles. The average molecular weight is 378 g/mol. The average Bonchev–Trinajstić information content (AvgIpc) is 3.21. The highest BCUT2D eigenvalue weighted by molar-refractivity contribution is 7.98. The van der Waals surface area contributed by atoms with E-state index in [1.165, 1.54) is 11.8 Å². The molecule has 0 unspecified atom stereocenters. The molecule has 120 valence electrons. The fourth-order valence-electron chi connectivity index (χ4n) is 2.15. The largest absolute Gasteiger partial charge is 0.338 e. The number of fused-ring (bicyclic) bond motifs is 1. The Bertz CT molecular complexity index is 1000. The first-order valence-corrected chi connectivity index (χ1v) is 8.65. The van der Waals surface area contributed by atoms with Crippen molar-refractivity contribution >= 4 is 40.6 Å². The van der Waals surface area contributed by atoms with Crippen LogP contribution in [0.1, 0.15) is 5.89 Å². The van der Waals surface area contributed by atoms with Crippen LogP contribution in [-0.2, 0) is 5.75 Å². The lowest BCUT2D eigenvalue weighted by atomic mass is 10.2. The van der Waals surface area contributed by atoms with Crippen LogP contribution >= 0.6 is 35.0 Å². The number of halogens is 2. The Hall–Kier alpha value is -2.09. The van der Waals surface area contributed by atoms with Gasteiger partial charge in [0.2, 0.25) is 11.7 Å². The topological polar surface area (TPSA) is 69.1 Å². The second kappa shape index (κ2) is 6.43. The standard InChI is InChI=1S/C15H9Cl2N5OS/c16-10-6-11(17)14-19-20-15(22(14)7-10)24-8-12-18-13(21-23-12)9-4-2-1-3-5-9/h1-7H,8H2. The number of thioether (sulfide) groups is 1. The third-order valence-electron chi connectivity index (χ3n) is 3.22. The Kier molecular flexibility index (Phi) is 4.13. The second-order valence-electron chi connectivity index (χ2n) is 4.85. The molecule has 0 aliphatic heterocycles. The van der Waals surface area contributed by atoms with E-state index in [9.17, 15) is 0 Å². The van der Waals surface area contributed by atoms with Crippen LogP contribution in [0.15, 0.2) is 52.3 Å². The normalized spacial score (nSPS) is 11.2. The lowest BCUT2D eigenvalue weighted by Gasteiger charge is -1.99. The minimum absolute atomic E-state index is 0.450. The Morgan fingerprint density at radius 1 is 1.12 bits per heavy atom. The fourth-order valence-corrected chi connectivity index (χ4v) is 3.40. The van der Waals surface area contributed by atoms with Gasteiger partial charge >= 0.3 is 0 Å². The van der Waals surface area contributed by atoms with Gasteiger partial charge in [0.25, 0.3) is 0 Å². The number of rotatable bonds is 4. The van der Waals surface area contributed by atoms with E-state index >= 15 is 0 Å². The first-order chi connectivity index (χ1) is 11.7. The molecule has 6 nitrogen and oxygen atoms in total. The van der Waals surface area contributed by atoms with Crippen molar-refractivity contribution in [2.75, 3.05) is 0 Å². The molecule has 0 bridgehead atoms.